The molecule has 0 aliphatic carbocycles. The molecular weight excluding hydrogens is 505 g/mol. The SMILES string of the molecule is COc1ccc(CC(c2sc(=O)n(CCN3CCCC3)c2O)=c2ccc3c(c2)C=NN=3)c(C(F)(F)F)c1. The molecule has 0 saturated carbocycles. The number of hydrogen-bond acceptors (Lipinski definition) is 7. The van der Waals surface area contributed by atoms with Crippen LogP contribution in [0.2, 0.25) is 0 Å². The summed E-state index contributed by atoms with van der Waals surface area (Å²) < 4.78 is 48.3. The third-order valence-electron chi connectivity index (χ3n) is 6.71. The molecule has 37 heavy (non-hydrogen) atoms. The molecule has 2 aliphatic rings. The molecular formula is C26H25F3N4O3S. The Morgan fingerprint density at radius 3 is 2.65 bits per heavy atom. The fraction of sp³-hybridized carbons (Fsp3) is 0.346. The highest BCUT2D eigenvalue weighted by Crippen LogP contribution is 2.37. The molecule has 0 radical (unpaired) electrons. The van der Waals surface area contributed by atoms with Gasteiger partial charge in [-0.25, -0.2) is 0 Å². The molecule has 5 rings (SSSR count). The van der Waals surface area contributed by atoms with Gasteiger partial charge < -0.3 is 14.7 Å². The van der Waals surface area contributed by atoms with Crippen molar-refractivity contribution in [1.29, 1.82) is 0 Å². The summed E-state index contributed by atoms with van der Waals surface area (Å²) in [6.45, 7) is 2.82. The van der Waals surface area contributed by atoms with Gasteiger partial charge in [0.15, 0.2) is 0 Å². The Morgan fingerprint density at radius 2 is 1.92 bits per heavy atom. The van der Waals surface area contributed by atoms with Crippen LogP contribution in [-0.4, -0.2) is 47.5 Å². The molecule has 0 unspecified atom stereocenters. The van der Waals surface area contributed by atoms with Crippen molar-refractivity contribution in [2.45, 2.75) is 32.0 Å². The second-order valence-electron chi connectivity index (χ2n) is 9.02. The van der Waals surface area contributed by atoms with E-state index in [2.05, 4.69) is 15.1 Å². The summed E-state index contributed by atoms with van der Waals surface area (Å²) in [5.74, 6) is -0.140. The van der Waals surface area contributed by atoms with Crippen LogP contribution in [0.15, 0.2) is 51.4 Å². The monoisotopic (exact) mass is 530 g/mol. The molecule has 2 aliphatic heterocycles. The van der Waals surface area contributed by atoms with Gasteiger partial charge in [0.25, 0.3) is 0 Å². The summed E-state index contributed by atoms with van der Waals surface area (Å²) in [7, 11) is 1.31. The maximum atomic E-state index is 14.0. The van der Waals surface area contributed by atoms with Crippen molar-refractivity contribution >= 4 is 23.1 Å². The van der Waals surface area contributed by atoms with E-state index in [0.29, 0.717) is 34.8 Å². The molecule has 1 fully saturated rings. The van der Waals surface area contributed by atoms with Crippen LogP contribution in [0, 0.1) is 0 Å². The summed E-state index contributed by atoms with van der Waals surface area (Å²) in [5, 5.41) is 20.3. The molecule has 0 atom stereocenters. The summed E-state index contributed by atoms with van der Waals surface area (Å²) in [5.41, 5.74) is 0.299. The van der Waals surface area contributed by atoms with Gasteiger partial charge in [0.05, 0.1) is 29.1 Å². The van der Waals surface area contributed by atoms with Gasteiger partial charge in [-0.1, -0.05) is 23.5 Å². The van der Waals surface area contributed by atoms with Crippen molar-refractivity contribution in [3.05, 3.63) is 78.2 Å². The van der Waals surface area contributed by atoms with Gasteiger partial charge in [0, 0.05) is 25.1 Å². The molecule has 2 aromatic carbocycles. The minimum atomic E-state index is -4.62. The van der Waals surface area contributed by atoms with Crippen molar-refractivity contribution in [3.8, 4) is 11.6 Å². The number of aromatic nitrogens is 1. The lowest BCUT2D eigenvalue weighted by molar-refractivity contribution is -0.138. The van der Waals surface area contributed by atoms with E-state index < -0.39 is 11.7 Å². The van der Waals surface area contributed by atoms with Gasteiger partial charge in [-0.2, -0.15) is 23.4 Å². The van der Waals surface area contributed by atoms with Gasteiger partial charge in [-0.3, -0.25) is 9.36 Å². The maximum absolute atomic E-state index is 14.0. The first-order valence-corrected chi connectivity index (χ1v) is 12.7. The standard InChI is InChI=1S/C26H25F3N4O3S/c1-36-19-6-4-17(21(14-19)26(27,28)29)13-20(16-5-7-22-18(12-16)15-30-31-22)23-24(34)33(25(35)37-23)11-10-32-8-2-3-9-32/h4-7,12,14-15,34H,2-3,8-11,13H2,1H3. The third kappa shape index (κ3) is 5.19. The lowest BCUT2D eigenvalue weighted by Gasteiger charge is -2.16. The average molecular weight is 531 g/mol. The Labute approximate surface area is 214 Å². The van der Waals surface area contributed by atoms with Crippen LogP contribution >= 0.6 is 11.3 Å². The van der Waals surface area contributed by atoms with Crippen molar-refractivity contribution in [2.24, 2.45) is 10.2 Å². The topological polar surface area (TPSA) is 79.4 Å². The predicted molar refractivity (Wildman–Crippen MR) is 135 cm³/mol. The number of likely N-dealkylation sites (tertiary alicyclic amines) is 1. The number of thiazole rings is 1. The molecule has 3 aromatic rings. The minimum absolute atomic E-state index is 0.00557. The first kappa shape index (κ1) is 25.2. The van der Waals surface area contributed by atoms with E-state index in [1.54, 1.807) is 24.4 Å². The molecule has 0 amide bonds. The first-order valence-electron chi connectivity index (χ1n) is 11.9. The molecule has 0 bridgehead atoms. The van der Waals surface area contributed by atoms with Crippen molar-refractivity contribution in [1.82, 2.24) is 9.47 Å². The molecule has 1 N–H and O–H groups in total. The number of fused-ring (bicyclic) bond motifs is 1. The Balaban J connectivity index is 1.63. The number of benzene rings is 2. The number of ether oxygens (including phenoxy) is 1. The lowest BCUT2D eigenvalue weighted by atomic mass is 9.96. The highest BCUT2D eigenvalue weighted by molar-refractivity contribution is 7.10. The zero-order valence-corrected chi connectivity index (χ0v) is 20.9. The normalized spacial score (nSPS) is 16.1. The number of rotatable bonds is 7. The molecule has 11 heteroatoms. The molecule has 1 saturated heterocycles. The molecule has 1 aromatic heterocycles. The van der Waals surface area contributed by atoms with Crippen LogP contribution in [0.4, 0.5) is 13.2 Å². The largest absolute Gasteiger partial charge is 0.497 e. The second kappa shape index (κ2) is 10.1. The van der Waals surface area contributed by atoms with Crippen molar-refractivity contribution < 1.29 is 23.0 Å². The summed E-state index contributed by atoms with van der Waals surface area (Å²) in [6.07, 6.45) is -1.01. The third-order valence-corrected chi connectivity index (χ3v) is 7.74. The van der Waals surface area contributed by atoms with Gasteiger partial charge in [0.1, 0.15) is 5.75 Å². The Morgan fingerprint density at radius 1 is 1.14 bits per heavy atom. The van der Waals surface area contributed by atoms with Crippen LogP contribution < -0.4 is 20.2 Å². The molecule has 194 valence electrons. The highest BCUT2D eigenvalue weighted by atomic mass is 32.1. The predicted octanol–water partition coefficient (Wildman–Crippen LogP) is 3.15. The van der Waals surface area contributed by atoms with Gasteiger partial charge >= 0.3 is 11.0 Å². The van der Waals surface area contributed by atoms with Crippen LogP contribution in [0.3, 0.4) is 0 Å². The quantitative estimate of drug-likeness (QED) is 0.509. The van der Waals surface area contributed by atoms with E-state index in [1.165, 1.54) is 23.8 Å². The molecule has 3 heterocycles. The number of aromatic hydroxyl groups is 1. The Hall–Kier alpha value is -3.44. The van der Waals surface area contributed by atoms with Gasteiger partial charge in [-0.05, 0) is 66.6 Å². The number of hydrogen-bond donors (Lipinski definition) is 1. The summed E-state index contributed by atoms with van der Waals surface area (Å²) >= 11 is 0.839. The summed E-state index contributed by atoms with van der Waals surface area (Å²) in [6, 6.07) is 9.02. The zero-order valence-electron chi connectivity index (χ0n) is 20.1. The number of halogens is 3. The number of methoxy groups -OCH3 is 1. The smallest absolute Gasteiger partial charge is 0.416 e. The van der Waals surface area contributed by atoms with E-state index in [4.69, 9.17) is 4.74 Å². The molecule has 7 nitrogen and oxygen atoms in total. The van der Waals surface area contributed by atoms with Gasteiger partial charge in [0.2, 0.25) is 5.88 Å². The highest BCUT2D eigenvalue weighted by Gasteiger charge is 2.34. The summed E-state index contributed by atoms with van der Waals surface area (Å²) in [4.78, 5) is 15.0. The van der Waals surface area contributed by atoms with E-state index in [1.807, 2.05) is 0 Å². The Kier molecular flexibility index (Phi) is 6.91. The van der Waals surface area contributed by atoms with Crippen molar-refractivity contribution in [3.63, 3.8) is 0 Å². The fourth-order valence-corrected chi connectivity index (χ4v) is 5.71. The minimum Gasteiger partial charge on any atom is -0.497 e. The van der Waals surface area contributed by atoms with E-state index in [-0.39, 0.29) is 33.4 Å². The van der Waals surface area contributed by atoms with E-state index in [0.717, 1.165) is 43.3 Å². The molecule has 0 spiro atoms. The lowest BCUT2D eigenvalue weighted by Crippen LogP contribution is -2.26. The Bertz CT molecular complexity index is 1540. The second-order valence-corrected chi connectivity index (χ2v) is 9.98. The van der Waals surface area contributed by atoms with Gasteiger partial charge in [-0.15, -0.1) is 0 Å². The number of alkyl halides is 3. The van der Waals surface area contributed by atoms with E-state index in [9.17, 15) is 23.1 Å². The van der Waals surface area contributed by atoms with Crippen LogP contribution in [0.25, 0.3) is 5.57 Å². The van der Waals surface area contributed by atoms with Crippen LogP contribution in [0.1, 0.15) is 34.4 Å². The van der Waals surface area contributed by atoms with Crippen LogP contribution in [0.5, 0.6) is 11.6 Å². The number of nitrogens with zero attached hydrogens (tertiary/aromatic N) is 4. The van der Waals surface area contributed by atoms with Crippen molar-refractivity contribution in [2.75, 3.05) is 26.7 Å². The maximum Gasteiger partial charge on any atom is 0.416 e. The van der Waals surface area contributed by atoms with Crippen LogP contribution in [-0.2, 0) is 19.1 Å². The zero-order chi connectivity index (χ0) is 26.2. The fourth-order valence-electron chi connectivity index (χ4n) is 4.73. The average Bonchev–Trinajstić information content (AvgIpc) is 3.62. The van der Waals surface area contributed by atoms with E-state index >= 15 is 0 Å². The first-order chi connectivity index (χ1) is 17.7.